The zero-order valence-corrected chi connectivity index (χ0v) is 17.9. The van der Waals surface area contributed by atoms with Crippen LogP contribution in [0.3, 0.4) is 0 Å². The Morgan fingerprint density at radius 3 is 2.04 bits per heavy atom. The first kappa shape index (κ1) is 23.6. The van der Waals surface area contributed by atoms with Crippen LogP contribution in [0.4, 0.5) is 0 Å². The fourth-order valence-corrected chi connectivity index (χ4v) is 2.86. The van der Waals surface area contributed by atoms with Gasteiger partial charge < -0.3 is 9.30 Å². The average molecular weight is 368 g/mol. The summed E-state index contributed by atoms with van der Waals surface area (Å²) in [6, 6.07) is 3.99. The van der Waals surface area contributed by atoms with Crippen molar-refractivity contribution in [1.29, 1.82) is 0 Å². The molecule has 0 bridgehead atoms. The number of aryl methyl sites for hydroxylation is 3. The molecule has 4 nitrogen and oxygen atoms in total. The molecule has 0 radical (unpaired) electrons. The first-order valence-electron chi connectivity index (χ1n) is 8.85. The van der Waals surface area contributed by atoms with Crippen LogP contribution in [-0.4, -0.2) is 18.4 Å². The molecule has 0 aromatic heterocycles. The van der Waals surface area contributed by atoms with Gasteiger partial charge in [-0.3, -0.25) is 9.59 Å². The summed E-state index contributed by atoms with van der Waals surface area (Å²) in [6.07, 6.45) is 2.35. The van der Waals surface area contributed by atoms with Gasteiger partial charge in [-0.15, -0.1) is 0 Å². The molecule has 0 saturated carbocycles. The number of hydrogen-bond donors (Lipinski definition) is 0. The Balaban J connectivity index is 0.00000277. The Bertz CT molecular complexity index is 558. The molecule has 5 heteroatoms. The minimum absolute atomic E-state index is 0.0952. The molecule has 0 spiro atoms. The molecule has 1 aromatic carbocycles. The maximum absolute atomic E-state index is 13.0. The van der Waals surface area contributed by atoms with Gasteiger partial charge in [-0.05, 0) is 44.2 Å². The molecule has 0 heterocycles. The topological polar surface area (TPSA) is 60.4 Å². The van der Waals surface area contributed by atoms with Crippen molar-refractivity contribution in [3.05, 3.63) is 34.4 Å². The second-order valence-corrected chi connectivity index (χ2v) is 6.86. The third-order valence-electron chi connectivity index (χ3n) is 3.93. The molecular weight excluding hydrogens is 335 g/mol. The summed E-state index contributed by atoms with van der Waals surface area (Å²) in [5, 5.41) is 0. The fraction of sp³-hybridized carbons (Fsp3) is 0.600. The molecule has 25 heavy (non-hydrogen) atoms. The zero-order valence-electron chi connectivity index (χ0n) is 16.5. The van der Waals surface area contributed by atoms with E-state index in [2.05, 4.69) is 6.92 Å². The van der Waals surface area contributed by atoms with Crippen LogP contribution in [0.1, 0.15) is 67.1 Å². The van der Waals surface area contributed by atoms with Crippen molar-refractivity contribution in [2.75, 3.05) is 6.61 Å². The summed E-state index contributed by atoms with van der Waals surface area (Å²) in [4.78, 5) is 25.4. The summed E-state index contributed by atoms with van der Waals surface area (Å²) in [5.41, 5.74) is 3.68. The van der Waals surface area contributed by atoms with Crippen LogP contribution in [0.2, 0.25) is 0 Å². The molecule has 0 N–H and O–H groups in total. The van der Waals surface area contributed by atoms with Gasteiger partial charge >= 0.3 is 5.97 Å². The van der Waals surface area contributed by atoms with Gasteiger partial charge in [0.05, 0.1) is 15.7 Å². The lowest BCUT2D eigenvalue weighted by molar-refractivity contribution is -0.148. The Morgan fingerprint density at radius 1 is 1.08 bits per heavy atom. The van der Waals surface area contributed by atoms with Gasteiger partial charge in [-0.2, -0.15) is 0 Å². The predicted octanol–water partition coefficient (Wildman–Crippen LogP) is 4.74. The van der Waals surface area contributed by atoms with Crippen LogP contribution < -0.4 is 0 Å². The number of rotatable bonds is 8. The van der Waals surface area contributed by atoms with Crippen LogP contribution in [0, 0.1) is 32.6 Å². The van der Waals surface area contributed by atoms with Crippen molar-refractivity contribution in [2.24, 2.45) is 11.8 Å². The van der Waals surface area contributed by atoms with Crippen molar-refractivity contribution in [2.45, 2.75) is 60.8 Å². The molecule has 0 aliphatic heterocycles. The molecule has 2 unspecified atom stereocenters. The highest BCUT2D eigenvalue weighted by Crippen LogP contribution is 2.24. The lowest BCUT2D eigenvalue weighted by atomic mass is 9.87. The summed E-state index contributed by atoms with van der Waals surface area (Å²) < 4.78 is 13.6. The lowest BCUT2D eigenvalue weighted by Crippen LogP contribution is -2.28. The Morgan fingerprint density at radius 2 is 1.60 bits per heavy atom. The molecule has 142 valence electrons. The second-order valence-electron chi connectivity index (χ2n) is 6.86. The van der Waals surface area contributed by atoms with Gasteiger partial charge in [0.25, 0.3) is 0 Å². The van der Waals surface area contributed by atoms with Crippen molar-refractivity contribution < 1.29 is 18.9 Å². The summed E-state index contributed by atoms with van der Waals surface area (Å²) >= 11 is 0. The highest BCUT2D eigenvalue weighted by atomic mass is 31.0. The quantitative estimate of drug-likeness (QED) is 0.288. The SMILES string of the molecule is CCCCC(C(=O)OCC(C)C)C(=O)c1c(C)cc(C)cc1C.O=[PH3]. The number of benzene rings is 1. The van der Waals surface area contributed by atoms with E-state index in [1.165, 1.54) is 0 Å². The van der Waals surface area contributed by atoms with E-state index >= 15 is 0 Å². The molecule has 0 fully saturated rings. The monoisotopic (exact) mass is 368 g/mol. The first-order valence-corrected chi connectivity index (χ1v) is 9.43. The fourth-order valence-electron chi connectivity index (χ4n) is 2.86. The summed E-state index contributed by atoms with van der Waals surface area (Å²) in [7, 11) is 0.611. The van der Waals surface area contributed by atoms with Crippen molar-refractivity contribution in [3.8, 4) is 0 Å². The van der Waals surface area contributed by atoms with Gasteiger partial charge in [-0.1, -0.05) is 51.3 Å². The van der Waals surface area contributed by atoms with E-state index in [4.69, 9.17) is 9.30 Å². The smallest absolute Gasteiger partial charge is 0.316 e. The third-order valence-corrected chi connectivity index (χ3v) is 3.93. The molecule has 0 aliphatic carbocycles. The molecular formula is C20H33O4P. The first-order chi connectivity index (χ1) is 11.8. The van der Waals surface area contributed by atoms with E-state index in [1.807, 2.05) is 46.8 Å². The van der Waals surface area contributed by atoms with E-state index in [0.717, 1.165) is 29.5 Å². The average Bonchev–Trinajstić information content (AvgIpc) is 2.54. The van der Waals surface area contributed by atoms with Gasteiger partial charge in [-0.25, -0.2) is 0 Å². The van der Waals surface area contributed by atoms with Gasteiger partial charge in [0, 0.05) is 5.56 Å². The molecule has 0 aliphatic rings. The molecule has 0 saturated heterocycles. The molecule has 1 rings (SSSR count). The van der Waals surface area contributed by atoms with Gasteiger partial charge in [0.15, 0.2) is 5.78 Å². The maximum Gasteiger partial charge on any atom is 0.316 e. The number of ether oxygens (including phenoxy) is 1. The number of ketones is 1. The van der Waals surface area contributed by atoms with Crippen LogP contribution in [0.15, 0.2) is 12.1 Å². The van der Waals surface area contributed by atoms with Crippen LogP contribution in [0.5, 0.6) is 0 Å². The van der Waals surface area contributed by atoms with Crippen LogP contribution >= 0.6 is 9.12 Å². The van der Waals surface area contributed by atoms with E-state index in [9.17, 15) is 9.59 Å². The van der Waals surface area contributed by atoms with Gasteiger partial charge in [0.1, 0.15) is 5.92 Å². The van der Waals surface area contributed by atoms with Crippen molar-refractivity contribution in [3.63, 3.8) is 0 Å². The normalized spacial score (nSPS) is 11.6. The number of carbonyl (C=O) groups excluding carboxylic acids is 2. The molecule has 2 atom stereocenters. The van der Waals surface area contributed by atoms with Crippen molar-refractivity contribution >= 4 is 20.9 Å². The largest absolute Gasteiger partial charge is 0.465 e. The minimum atomic E-state index is -0.686. The number of hydrogen-bond acceptors (Lipinski definition) is 4. The highest BCUT2D eigenvalue weighted by Gasteiger charge is 2.30. The van der Waals surface area contributed by atoms with E-state index in [0.29, 0.717) is 27.7 Å². The highest BCUT2D eigenvalue weighted by molar-refractivity contribution is 7.00. The Hall–Kier alpha value is -1.41. The standard InChI is InChI=1S/C20H30O3.H3OP/c1-7-8-9-17(20(22)23-12-13(2)3)19(21)18-15(5)10-14(4)11-16(18)6;1-2/h10-11,13,17H,7-9,12H2,1-6H3;2H3. The van der Waals surface area contributed by atoms with Gasteiger partial charge in [0.2, 0.25) is 0 Å². The van der Waals surface area contributed by atoms with E-state index < -0.39 is 5.92 Å². The van der Waals surface area contributed by atoms with Crippen molar-refractivity contribution in [1.82, 2.24) is 0 Å². The second kappa shape index (κ2) is 12.0. The number of unbranched alkanes of at least 4 members (excludes halogenated alkanes) is 1. The van der Waals surface area contributed by atoms with E-state index in [-0.39, 0.29) is 17.7 Å². The van der Waals surface area contributed by atoms with Crippen LogP contribution in [-0.2, 0) is 14.1 Å². The van der Waals surface area contributed by atoms with E-state index in [1.54, 1.807) is 0 Å². The minimum Gasteiger partial charge on any atom is -0.465 e. The Kier molecular flexibility index (Phi) is 11.3. The third kappa shape index (κ3) is 7.56. The predicted molar refractivity (Wildman–Crippen MR) is 106 cm³/mol. The van der Waals surface area contributed by atoms with Crippen LogP contribution in [0.25, 0.3) is 0 Å². The zero-order chi connectivity index (χ0) is 19.6. The summed E-state index contributed by atoms with van der Waals surface area (Å²) in [6.45, 7) is 12.3. The molecule has 0 amide bonds. The summed E-state index contributed by atoms with van der Waals surface area (Å²) in [5.74, 6) is -0.892. The molecule has 1 aromatic rings. The number of Topliss-reactive ketones (excluding diaryl/α,β-unsaturated/α-hetero) is 1. The number of carbonyl (C=O) groups is 2. The Labute approximate surface area is 154 Å². The number of esters is 1. The lowest BCUT2D eigenvalue weighted by Gasteiger charge is -2.18. The maximum atomic E-state index is 13.0.